The van der Waals surface area contributed by atoms with E-state index in [4.69, 9.17) is 4.74 Å². The van der Waals surface area contributed by atoms with E-state index in [2.05, 4.69) is 26.9 Å². The van der Waals surface area contributed by atoms with Gasteiger partial charge in [-0.3, -0.25) is 4.99 Å². The second kappa shape index (κ2) is 5.41. The minimum Gasteiger partial charge on any atom is -0.492 e. The van der Waals surface area contributed by atoms with Gasteiger partial charge in [0.15, 0.2) is 5.75 Å². The average molecular weight is 315 g/mol. The van der Waals surface area contributed by atoms with Crippen LogP contribution in [0, 0.1) is 0 Å². The zero-order valence-electron chi connectivity index (χ0n) is 14.0. The fourth-order valence-corrected chi connectivity index (χ4v) is 3.80. The zero-order valence-corrected chi connectivity index (χ0v) is 14.0. The smallest absolute Gasteiger partial charge is 0.166 e. The van der Waals surface area contributed by atoms with Crippen molar-refractivity contribution < 1.29 is 9.84 Å². The fraction of sp³-hybridized carbons (Fsp3) is 0.611. The van der Waals surface area contributed by atoms with Crippen LogP contribution in [-0.4, -0.2) is 43.3 Å². The summed E-state index contributed by atoms with van der Waals surface area (Å²) in [4.78, 5) is 9.04. The van der Waals surface area contributed by atoms with Crippen LogP contribution in [0.1, 0.15) is 38.2 Å². The Hall–Kier alpha value is -1.75. The van der Waals surface area contributed by atoms with Gasteiger partial charge in [0.1, 0.15) is 0 Å². The van der Waals surface area contributed by atoms with Crippen LogP contribution in [0.5, 0.6) is 5.75 Å². The lowest BCUT2D eigenvalue weighted by molar-refractivity contribution is 0.0448. The van der Waals surface area contributed by atoms with Gasteiger partial charge in [0.25, 0.3) is 0 Å². The summed E-state index contributed by atoms with van der Waals surface area (Å²) in [6.45, 7) is 4.25. The highest BCUT2D eigenvalue weighted by molar-refractivity contribution is 5.90. The molecule has 0 bridgehead atoms. The summed E-state index contributed by atoms with van der Waals surface area (Å²) in [7, 11) is 1.75. The number of benzene rings is 1. The molecule has 2 aliphatic heterocycles. The fourth-order valence-electron chi connectivity index (χ4n) is 3.80. The first-order chi connectivity index (χ1) is 11.1. The molecule has 5 heteroatoms. The molecule has 23 heavy (non-hydrogen) atoms. The molecule has 1 aliphatic carbocycles. The molecule has 1 unspecified atom stereocenters. The molecule has 124 valence electrons. The number of fused-ring (bicyclic) bond motifs is 1. The molecule has 1 N–H and O–H groups in total. The van der Waals surface area contributed by atoms with Crippen LogP contribution in [0.2, 0.25) is 0 Å². The van der Waals surface area contributed by atoms with Crippen molar-refractivity contribution in [2.75, 3.05) is 30.0 Å². The molecule has 2 fully saturated rings. The van der Waals surface area contributed by atoms with Gasteiger partial charge in [-0.1, -0.05) is 6.07 Å². The predicted molar refractivity (Wildman–Crippen MR) is 92.8 cm³/mol. The quantitative estimate of drug-likeness (QED) is 0.931. The van der Waals surface area contributed by atoms with Crippen LogP contribution in [0.25, 0.3) is 0 Å². The molecule has 4 rings (SSSR count). The number of anilines is 2. The largest absolute Gasteiger partial charge is 0.492 e. The first kappa shape index (κ1) is 14.8. The lowest BCUT2D eigenvalue weighted by Gasteiger charge is -2.40. The minimum absolute atomic E-state index is 0.561. The van der Waals surface area contributed by atoms with Gasteiger partial charge in [-0.2, -0.15) is 0 Å². The monoisotopic (exact) mass is 315 g/mol. The molecule has 1 aromatic carbocycles. The number of methoxy groups -OCH3 is 1. The van der Waals surface area contributed by atoms with Gasteiger partial charge >= 0.3 is 0 Å². The highest BCUT2D eigenvalue weighted by Crippen LogP contribution is 2.46. The molecule has 5 nitrogen and oxygen atoms in total. The maximum Gasteiger partial charge on any atom is 0.166 e. The van der Waals surface area contributed by atoms with Crippen molar-refractivity contribution in [2.24, 2.45) is 4.99 Å². The standard InChI is InChI=1S/C18H25N3O2/c1-18(22)8-3-9-20(11-18)15-7-4-13-10-19-12-21(14-5-6-14)16(13)17(15)23-2/h4,7,12,14,22H,3,5-6,8-11H2,1-2H3. The molecule has 1 atom stereocenters. The molecule has 0 spiro atoms. The van der Waals surface area contributed by atoms with Gasteiger partial charge in [0.2, 0.25) is 0 Å². The topological polar surface area (TPSA) is 48.3 Å². The van der Waals surface area contributed by atoms with E-state index in [1.165, 1.54) is 24.1 Å². The number of β-amino-alcohol motifs (C(OH)–C–C–N with tert-alkyl or cyclic N) is 1. The van der Waals surface area contributed by atoms with E-state index in [0.717, 1.165) is 30.8 Å². The Morgan fingerprint density at radius 3 is 2.87 bits per heavy atom. The van der Waals surface area contributed by atoms with E-state index < -0.39 is 5.60 Å². The number of ether oxygens (including phenoxy) is 1. The van der Waals surface area contributed by atoms with E-state index >= 15 is 0 Å². The Morgan fingerprint density at radius 1 is 1.35 bits per heavy atom. The van der Waals surface area contributed by atoms with Crippen molar-refractivity contribution in [3.63, 3.8) is 0 Å². The third-order valence-electron chi connectivity index (χ3n) is 5.08. The Kier molecular flexibility index (Phi) is 3.48. The summed E-state index contributed by atoms with van der Waals surface area (Å²) in [5, 5.41) is 10.4. The van der Waals surface area contributed by atoms with Crippen LogP contribution in [0.15, 0.2) is 17.1 Å². The summed E-state index contributed by atoms with van der Waals surface area (Å²) in [5.74, 6) is 0.929. The third kappa shape index (κ3) is 2.67. The van der Waals surface area contributed by atoms with Crippen molar-refractivity contribution in [3.8, 4) is 5.75 Å². The Bertz CT molecular complexity index is 637. The van der Waals surface area contributed by atoms with E-state index in [9.17, 15) is 5.11 Å². The number of hydrogen-bond acceptors (Lipinski definition) is 5. The number of piperidine rings is 1. The van der Waals surface area contributed by atoms with E-state index in [1.54, 1.807) is 7.11 Å². The van der Waals surface area contributed by atoms with Gasteiger partial charge in [-0.05, 0) is 38.7 Å². The molecule has 0 aromatic heterocycles. The van der Waals surface area contributed by atoms with E-state index in [1.807, 2.05) is 13.3 Å². The van der Waals surface area contributed by atoms with Gasteiger partial charge in [0.05, 0.1) is 37.0 Å². The van der Waals surface area contributed by atoms with Crippen LogP contribution < -0.4 is 14.5 Å². The van der Waals surface area contributed by atoms with Crippen molar-refractivity contribution in [2.45, 2.75) is 50.8 Å². The van der Waals surface area contributed by atoms with Crippen LogP contribution in [-0.2, 0) is 6.54 Å². The first-order valence-electron chi connectivity index (χ1n) is 8.54. The second-order valence-corrected chi connectivity index (χ2v) is 7.24. The van der Waals surface area contributed by atoms with Gasteiger partial charge in [-0.15, -0.1) is 0 Å². The summed E-state index contributed by atoms with van der Waals surface area (Å²) in [6.07, 6.45) is 6.27. The number of aliphatic hydroxyl groups is 1. The highest BCUT2D eigenvalue weighted by Gasteiger charge is 2.35. The van der Waals surface area contributed by atoms with Crippen LogP contribution >= 0.6 is 0 Å². The Labute approximate surface area is 137 Å². The molecule has 2 heterocycles. The van der Waals surface area contributed by atoms with E-state index in [0.29, 0.717) is 19.1 Å². The molecule has 1 saturated carbocycles. The van der Waals surface area contributed by atoms with Gasteiger partial charge < -0.3 is 19.6 Å². The van der Waals surface area contributed by atoms with E-state index in [-0.39, 0.29) is 0 Å². The van der Waals surface area contributed by atoms with Gasteiger partial charge in [0, 0.05) is 24.7 Å². The lowest BCUT2D eigenvalue weighted by atomic mass is 9.94. The zero-order chi connectivity index (χ0) is 16.0. The molecule has 1 saturated heterocycles. The summed E-state index contributed by atoms with van der Waals surface area (Å²) in [6, 6.07) is 4.86. The highest BCUT2D eigenvalue weighted by atomic mass is 16.5. The number of aliphatic imine (C=N–C) groups is 1. The second-order valence-electron chi connectivity index (χ2n) is 7.24. The minimum atomic E-state index is -0.628. The van der Waals surface area contributed by atoms with Gasteiger partial charge in [-0.25, -0.2) is 0 Å². The summed E-state index contributed by atoms with van der Waals surface area (Å²) in [5.41, 5.74) is 2.86. The SMILES string of the molecule is COc1c(N2CCCC(C)(O)C2)ccc2c1N(C1CC1)C=NC2. The Balaban J connectivity index is 1.75. The van der Waals surface area contributed by atoms with Crippen molar-refractivity contribution in [1.82, 2.24) is 0 Å². The summed E-state index contributed by atoms with van der Waals surface area (Å²) >= 11 is 0. The normalized spacial score (nSPS) is 27.1. The number of hydrogen-bond donors (Lipinski definition) is 1. The third-order valence-corrected chi connectivity index (χ3v) is 5.08. The Morgan fingerprint density at radius 2 is 2.17 bits per heavy atom. The van der Waals surface area contributed by atoms with Crippen molar-refractivity contribution in [1.29, 1.82) is 0 Å². The van der Waals surface area contributed by atoms with Crippen LogP contribution in [0.4, 0.5) is 11.4 Å². The average Bonchev–Trinajstić information content (AvgIpc) is 3.37. The maximum atomic E-state index is 10.4. The predicted octanol–water partition coefficient (Wildman–Crippen LogP) is 2.56. The molecule has 0 amide bonds. The van der Waals surface area contributed by atoms with Crippen molar-refractivity contribution in [3.05, 3.63) is 17.7 Å². The molecule has 0 radical (unpaired) electrons. The number of nitrogens with zero attached hydrogens (tertiary/aromatic N) is 3. The molecular formula is C18H25N3O2. The molecule has 3 aliphatic rings. The first-order valence-corrected chi connectivity index (χ1v) is 8.54. The maximum absolute atomic E-state index is 10.4. The molecule has 1 aromatic rings. The van der Waals surface area contributed by atoms with Crippen LogP contribution in [0.3, 0.4) is 0 Å². The van der Waals surface area contributed by atoms with Crippen molar-refractivity contribution >= 4 is 17.7 Å². The summed E-state index contributed by atoms with van der Waals surface area (Å²) < 4.78 is 5.85. The lowest BCUT2D eigenvalue weighted by Crippen LogP contribution is -2.46. The number of rotatable bonds is 3. The molecular weight excluding hydrogens is 290 g/mol.